The average molecular weight is 235 g/mol. The highest BCUT2D eigenvalue weighted by Crippen LogP contribution is 2.24. The minimum absolute atomic E-state index is 0.979. The van der Waals surface area contributed by atoms with E-state index in [-0.39, 0.29) is 0 Å². The third kappa shape index (κ3) is 2.93. The van der Waals surface area contributed by atoms with Crippen molar-refractivity contribution in [2.24, 2.45) is 0 Å². The van der Waals surface area contributed by atoms with E-state index in [9.17, 15) is 0 Å². The van der Waals surface area contributed by atoms with Gasteiger partial charge in [0.1, 0.15) is 0 Å². The summed E-state index contributed by atoms with van der Waals surface area (Å²) in [6, 6.07) is 8.24. The summed E-state index contributed by atoms with van der Waals surface area (Å²) in [5.41, 5.74) is 1.08. The lowest BCUT2D eigenvalue weighted by molar-refractivity contribution is 0.688. The number of hydrogen-bond donors (Lipinski definition) is 2. The van der Waals surface area contributed by atoms with Gasteiger partial charge in [-0.15, -0.1) is 0 Å². The van der Waals surface area contributed by atoms with Gasteiger partial charge in [0, 0.05) is 6.54 Å². The lowest BCUT2D eigenvalue weighted by Crippen LogP contribution is -2.17. The monoisotopic (exact) mass is 235 g/mol. The number of benzene rings is 1. The molecule has 1 heterocycles. The van der Waals surface area contributed by atoms with Gasteiger partial charge in [0.2, 0.25) is 0 Å². The van der Waals surface area contributed by atoms with Crippen LogP contribution >= 0.6 is 11.3 Å². The molecule has 0 aliphatic carbocycles. The molecule has 0 fully saturated rings. The summed E-state index contributed by atoms with van der Waals surface area (Å²) in [5, 5.41) is 7.69. The molecule has 0 saturated heterocycles. The van der Waals surface area contributed by atoms with E-state index in [4.69, 9.17) is 0 Å². The smallest absolute Gasteiger partial charge is 0.183 e. The number of anilines is 1. The normalized spacial score (nSPS) is 10.8. The van der Waals surface area contributed by atoms with Gasteiger partial charge in [-0.05, 0) is 31.6 Å². The molecule has 0 amide bonds. The van der Waals surface area contributed by atoms with E-state index in [1.165, 1.54) is 4.70 Å². The molecule has 0 bridgehead atoms. The molecule has 2 aromatic rings. The molecule has 0 saturated carbocycles. The molecular formula is C12H17N3S. The quantitative estimate of drug-likeness (QED) is 0.756. The minimum Gasteiger partial charge on any atom is -0.361 e. The zero-order valence-corrected chi connectivity index (χ0v) is 10.3. The summed E-state index contributed by atoms with van der Waals surface area (Å²) < 4.78 is 1.25. The Hall–Kier alpha value is -1.13. The Morgan fingerprint density at radius 2 is 2.12 bits per heavy atom. The second-order valence-electron chi connectivity index (χ2n) is 3.62. The van der Waals surface area contributed by atoms with Gasteiger partial charge in [-0.25, -0.2) is 4.98 Å². The molecule has 2 N–H and O–H groups in total. The van der Waals surface area contributed by atoms with Crippen molar-refractivity contribution in [3.8, 4) is 0 Å². The number of thiazole rings is 1. The largest absolute Gasteiger partial charge is 0.361 e. The molecule has 86 valence electrons. The van der Waals surface area contributed by atoms with Gasteiger partial charge in [-0.2, -0.15) is 0 Å². The van der Waals surface area contributed by atoms with E-state index in [0.717, 1.165) is 36.7 Å². The van der Waals surface area contributed by atoms with E-state index in [1.54, 1.807) is 11.3 Å². The first-order valence-electron chi connectivity index (χ1n) is 5.70. The lowest BCUT2D eigenvalue weighted by Gasteiger charge is -2.02. The molecule has 1 aromatic heterocycles. The highest BCUT2D eigenvalue weighted by Gasteiger charge is 2.01. The highest BCUT2D eigenvalue weighted by molar-refractivity contribution is 7.22. The fourth-order valence-electron chi connectivity index (χ4n) is 1.53. The average Bonchev–Trinajstić information content (AvgIpc) is 2.71. The third-order valence-corrected chi connectivity index (χ3v) is 3.34. The van der Waals surface area contributed by atoms with Gasteiger partial charge in [0.05, 0.1) is 10.2 Å². The van der Waals surface area contributed by atoms with E-state index < -0.39 is 0 Å². The fraction of sp³-hybridized carbons (Fsp3) is 0.417. The predicted molar refractivity (Wildman–Crippen MR) is 71.3 cm³/mol. The van der Waals surface area contributed by atoms with Crippen molar-refractivity contribution < 1.29 is 0 Å². The van der Waals surface area contributed by atoms with Crippen molar-refractivity contribution in [3.63, 3.8) is 0 Å². The van der Waals surface area contributed by atoms with Crippen LogP contribution in [0.25, 0.3) is 10.2 Å². The number of hydrogen-bond acceptors (Lipinski definition) is 4. The molecule has 3 nitrogen and oxygen atoms in total. The van der Waals surface area contributed by atoms with Gasteiger partial charge in [0.25, 0.3) is 0 Å². The maximum atomic E-state index is 4.52. The Balaban J connectivity index is 1.85. The SMILES string of the molecule is CCNCCCNc1nc2ccccc2s1. The molecule has 0 aliphatic heterocycles. The van der Waals surface area contributed by atoms with Crippen LogP contribution in [0.3, 0.4) is 0 Å². The summed E-state index contributed by atoms with van der Waals surface area (Å²) in [7, 11) is 0. The second kappa shape index (κ2) is 5.82. The van der Waals surface area contributed by atoms with Crippen molar-refractivity contribution in [1.29, 1.82) is 0 Å². The standard InChI is InChI=1S/C12H17N3S/c1-2-13-8-5-9-14-12-15-10-6-3-4-7-11(10)16-12/h3-4,6-7,13H,2,5,8-9H2,1H3,(H,14,15). The fourth-order valence-corrected chi connectivity index (χ4v) is 2.42. The van der Waals surface area contributed by atoms with Crippen LogP contribution in [0.5, 0.6) is 0 Å². The van der Waals surface area contributed by atoms with Crippen molar-refractivity contribution in [2.45, 2.75) is 13.3 Å². The van der Waals surface area contributed by atoms with Crippen molar-refractivity contribution >= 4 is 26.7 Å². The molecule has 2 rings (SSSR count). The molecule has 4 heteroatoms. The number of aromatic nitrogens is 1. The van der Waals surface area contributed by atoms with Gasteiger partial charge in [0.15, 0.2) is 5.13 Å². The molecule has 0 aliphatic rings. The number of rotatable bonds is 6. The molecular weight excluding hydrogens is 218 g/mol. The van der Waals surface area contributed by atoms with Crippen LogP contribution in [0.4, 0.5) is 5.13 Å². The summed E-state index contributed by atoms with van der Waals surface area (Å²) in [4.78, 5) is 4.52. The Morgan fingerprint density at radius 3 is 2.94 bits per heavy atom. The molecule has 0 radical (unpaired) electrons. The van der Waals surface area contributed by atoms with Crippen LogP contribution < -0.4 is 10.6 Å². The van der Waals surface area contributed by atoms with Crippen LogP contribution in [-0.2, 0) is 0 Å². The summed E-state index contributed by atoms with van der Waals surface area (Å²) in [6.07, 6.45) is 1.13. The van der Waals surface area contributed by atoms with E-state index in [0.29, 0.717) is 0 Å². The Bertz CT molecular complexity index is 406. The molecule has 1 aromatic carbocycles. The maximum Gasteiger partial charge on any atom is 0.183 e. The van der Waals surface area contributed by atoms with Gasteiger partial charge < -0.3 is 10.6 Å². The highest BCUT2D eigenvalue weighted by atomic mass is 32.1. The first-order chi connectivity index (χ1) is 7.90. The summed E-state index contributed by atoms with van der Waals surface area (Å²) >= 11 is 1.72. The van der Waals surface area contributed by atoms with Crippen LogP contribution in [0.15, 0.2) is 24.3 Å². The summed E-state index contributed by atoms with van der Waals surface area (Å²) in [6.45, 7) is 5.21. The first-order valence-corrected chi connectivity index (χ1v) is 6.52. The topological polar surface area (TPSA) is 37.0 Å². The number of fused-ring (bicyclic) bond motifs is 1. The van der Waals surface area contributed by atoms with E-state index >= 15 is 0 Å². The number of para-hydroxylation sites is 1. The first kappa shape index (κ1) is 11.4. The van der Waals surface area contributed by atoms with Crippen molar-refractivity contribution in [3.05, 3.63) is 24.3 Å². The summed E-state index contributed by atoms with van der Waals surface area (Å²) in [5.74, 6) is 0. The minimum atomic E-state index is 0.979. The number of nitrogens with zero attached hydrogens (tertiary/aromatic N) is 1. The Morgan fingerprint density at radius 1 is 1.25 bits per heavy atom. The third-order valence-electron chi connectivity index (χ3n) is 2.35. The molecule has 0 spiro atoms. The van der Waals surface area contributed by atoms with Gasteiger partial charge in [-0.1, -0.05) is 30.4 Å². The second-order valence-corrected chi connectivity index (χ2v) is 4.65. The van der Waals surface area contributed by atoms with E-state index in [1.807, 2.05) is 6.07 Å². The van der Waals surface area contributed by atoms with Crippen LogP contribution in [0.1, 0.15) is 13.3 Å². The van der Waals surface area contributed by atoms with Gasteiger partial charge >= 0.3 is 0 Å². The van der Waals surface area contributed by atoms with E-state index in [2.05, 4.69) is 40.7 Å². The molecule has 0 unspecified atom stereocenters. The molecule has 0 atom stereocenters. The Kier molecular flexibility index (Phi) is 4.13. The van der Waals surface area contributed by atoms with Gasteiger partial charge in [-0.3, -0.25) is 0 Å². The van der Waals surface area contributed by atoms with Crippen LogP contribution in [0.2, 0.25) is 0 Å². The van der Waals surface area contributed by atoms with Crippen molar-refractivity contribution in [2.75, 3.05) is 25.0 Å². The molecule has 16 heavy (non-hydrogen) atoms. The predicted octanol–water partition coefficient (Wildman–Crippen LogP) is 2.71. The lowest BCUT2D eigenvalue weighted by atomic mass is 10.3. The van der Waals surface area contributed by atoms with Crippen LogP contribution in [0, 0.1) is 0 Å². The zero-order chi connectivity index (χ0) is 11.2. The number of nitrogens with one attached hydrogen (secondary N) is 2. The van der Waals surface area contributed by atoms with Crippen molar-refractivity contribution in [1.82, 2.24) is 10.3 Å². The maximum absolute atomic E-state index is 4.52. The zero-order valence-electron chi connectivity index (χ0n) is 9.49. The van der Waals surface area contributed by atoms with Crippen LogP contribution in [-0.4, -0.2) is 24.6 Å². The Labute approximate surface area is 99.9 Å².